The molecule has 1 heterocycles. The van der Waals surface area contributed by atoms with Gasteiger partial charge in [0.05, 0.1) is 11.4 Å². The second-order valence-corrected chi connectivity index (χ2v) is 5.91. The minimum absolute atomic E-state index is 0.965. The first-order valence-electron chi connectivity index (χ1n) is 6.54. The van der Waals surface area contributed by atoms with Crippen LogP contribution in [0.15, 0.2) is 34.8 Å². The molecule has 0 radical (unpaired) electrons. The Bertz CT molecular complexity index is 615. The standard InChI is InChI=1S/C16H17BrN2/c1-10-4-3-5-11(2)15(10)13-8-12(17)9-14-16(13)19-7-6-18-14/h3-5,8-9,18-19H,6-7H2,1-2H3. The van der Waals surface area contributed by atoms with E-state index in [2.05, 4.69) is 70.7 Å². The summed E-state index contributed by atoms with van der Waals surface area (Å²) in [6, 6.07) is 10.8. The van der Waals surface area contributed by atoms with Gasteiger partial charge in [0.2, 0.25) is 0 Å². The van der Waals surface area contributed by atoms with E-state index in [9.17, 15) is 0 Å². The van der Waals surface area contributed by atoms with Crippen molar-refractivity contribution in [2.75, 3.05) is 23.7 Å². The van der Waals surface area contributed by atoms with Gasteiger partial charge in [0, 0.05) is 23.1 Å². The van der Waals surface area contributed by atoms with Crippen LogP contribution < -0.4 is 10.6 Å². The zero-order valence-electron chi connectivity index (χ0n) is 11.2. The van der Waals surface area contributed by atoms with Crippen molar-refractivity contribution in [2.24, 2.45) is 0 Å². The van der Waals surface area contributed by atoms with Crippen molar-refractivity contribution in [3.05, 3.63) is 45.9 Å². The molecule has 0 atom stereocenters. The maximum absolute atomic E-state index is 3.62. The molecule has 0 spiro atoms. The number of rotatable bonds is 1. The molecule has 1 aliphatic rings. The van der Waals surface area contributed by atoms with Crippen molar-refractivity contribution in [2.45, 2.75) is 13.8 Å². The predicted molar refractivity (Wildman–Crippen MR) is 86.0 cm³/mol. The summed E-state index contributed by atoms with van der Waals surface area (Å²) in [5.74, 6) is 0. The Labute approximate surface area is 122 Å². The molecule has 0 bridgehead atoms. The lowest BCUT2D eigenvalue weighted by Crippen LogP contribution is -2.21. The van der Waals surface area contributed by atoms with Gasteiger partial charge in [0.25, 0.3) is 0 Å². The quantitative estimate of drug-likeness (QED) is 0.805. The number of benzene rings is 2. The first-order chi connectivity index (χ1) is 9.16. The third-order valence-corrected chi connectivity index (χ3v) is 4.05. The Morgan fingerprint density at radius 2 is 1.68 bits per heavy atom. The maximum atomic E-state index is 3.62. The van der Waals surface area contributed by atoms with E-state index in [1.165, 1.54) is 33.6 Å². The molecule has 3 heteroatoms. The van der Waals surface area contributed by atoms with Crippen LogP contribution in [0.4, 0.5) is 11.4 Å². The van der Waals surface area contributed by atoms with Gasteiger partial charge in [-0.25, -0.2) is 0 Å². The van der Waals surface area contributed by atoms with Gasteiger partial charge in [-0.05, 0) is 42.7 Å². The molecule has 3 rings (SSSR count). The molecular formula is C16H17BrN2. The van der Waals surface area contributed by atoms with Crippen LogP contribution >= 0.6 is 15.9 Å². The fourth-order valence-corrected chi connectivity index (χ4v) is 3.22. The topological polar surface area (TPSA) is 24.1 Å². The summed E-state index contributed by atoms with van der Waals surface area (Å²) in [7, 11) is 0. The molecule has 2 N–H and O–H groups in total. The Balaban J connectivity index is 2.28. The van der Waals surface area contributed by atoms with Crippen LogP contribution in [0.1, 0.15) is 11.1 Å². The van der Waals surface area contributed by atoms with Crippen LogP contribution in [0.3, 0.4) is 0 Å². The fraction of sp³-hybridized carbons (Fsp3) is 0.250. The number of fused-ring (bicyclic) bond motifs is 1. The molecule has 0 unspecified atom stereocenters. The molecule has 2 aromatic carbocycles. The summed E-state index contributed by atoms with van der Waals surface area (Å²) in [6.45, 7) is 6.28. The SMILES string of the molecule is Cc1cccc(C)c1-c1cc(Br)cc2c1NCCN2. The van der Waals surface area contributed by atoms with Gasteiger partial charge in [0.15, 0.2) is 0 Å². The van der Waals surface area contributed by atoms with E-state index in [0.29, 0.717) is 0 Å². The van der Waals surface area contributed by atoms with E-state index in [-0.39, 0.29) is 0 Å². The van der Waals surface area contributed by atoms with Gasteiger partial charge in [-0.15, -0.1) is 0 Å². The molecule has 1 aliphatic heterocycles. The number of nitrogens with one attached hydrogen (secondary N) is 2. The van der Waals surface area contributed by atoms with Crippen molar-refractivity contribution < 1.29 is 0 Å². The Hall–Kier alpha value is -1.48. The van der Waals surface area contributed by atoms with E-state index in [4.69, 9.17) is 0 Å². The molecule has 19 heavy (non-hydrogen) atoms. The highest BCUT2D eigenvalue weighted by Crippen LogP contribution is 2.41. The number of halogens is 1. The molecule has 2 nitrogen and oxygen atoms in total. The monoisotopic (exact) mass is 316 g/mol. The minimum Gasteiger partial charge on any atom is -0.382 e. The van der Waals surface area contributed by atoms with Crippen LogP contribution in [0.2, 0.25) is 0 Å². The average molecular weight is 317 g/mol. The number of hydrogen-bond acceptors (Lipinski definition) is 2. The summed E-state index contributed by atoms with van der Waals surface area (Å²) >= 11 is 3.62. The van der Waals surface area contributed by atoms with Gasteiger partial charge in [-0.2, -0.15) is 0 Å². The first-order valence-corrected chi connectivity index (χ1v) is 7.34. The highest BCUT2D eigenvalue weighted by Gasteiger charge is 2.17. The second-order valence-electron chi connectivity index (χ2n) is 5.00. The van der Waals surface area contributed by atoms with E-state index in [1.807, 2.05) is 0 Å². The van der Waals surface area contributed by atoms with E-state index >= 15 is 0 Å². The third kappa shape index (κ3) is 2.23. The largest absolute Gasteiger partial charge is 0.382 e. The summed E-state index contributed by atoms with van der Waals surface area (Å²) in [5.41, 5.74) is 7.62. The molecule has 0 saturated carbocycles. The van der Waals surface area contributed by atoms with Crippen LogP contribution in [-0.4, -0.2) is 13.1 Å². The van der Waals surface area contributed by atoms with Crippen molar-refractivity contribution in [1.29, 1.82) is 0 Å². The Morgan fingerprint density at radius 3 is 2.42 bits per heavy atom. The Kier molecular flexibility index (Phi) is 3.23. The van der Waals surface area contributed by atoms with Gasteiger partial charge in [-0.3, -0.25) is 0 Å². The average Bonchev–Trinajstić information content (AvgIpc) is 2.38. The predicted octanol–water partition coefficient (Wildman–Crippen LogP) is 4.57. The molecule has 0 amide bonds. The second kappa shape index (κ2) is 4.89. The van der Waals surface area contributed by atoms with Crippen LogP contribution in [0.5, 0.6) is 0 Å². The van der Waals surface area contributed by atoms with Crippen molar-refractivity contribution in [1.82, 2.24) is 0 Å². The van der Waals surface area contributed by atoms with Crippen LogP contribution in [-0.2, 0) is 0 Å². The summed E-state index contributed by atoms with van der Waals surface area (Å²) in [6.07, 6.45) is 0. The zero-order chi connectivity index (χ0) is 13.4. The molecule has 0 fully saturated rings. The van der Waals surface area contributed by atoms with E-state index in [0.717, 1.165) is 17.6 Å². The third-order valence-electron chi connectivity index (χ3n) is 3.60. The van der Waals surface area contributed by atoms with Crippen LogP contribution in [0.25, 0.3) is 11.1 Å². The summed E-state index contributed by atoms with van der Waals surface area (Å²) < 4.78 is 1.11. The summed E-state index contributed by atoms with van der Waals surface area (Å²) in [4.78, 5) is 0. The molecule has 0 saturated heterocycles. The number of anilines is 2. The molecule has 98 valence electrons. The number of aryl methyl sites for hydroxylation is 2. The van der Waals surface area contributed by atoms with Crippen molar-refractivity contribution in [3.63, 3.8) is 0 Å². The lowest BCUT2D eigenvalue weighted by Gasteiger charge is -2.24. The maximum Gasteiger partial charge on any atom is 0.0657 e. The molecular weight excluding hydrogens is 300 g/mol. The van der Waals surface area contributed by atoms with Gasteiger partial charge >= 0.3 is 0 Å². The van der Waals surface area contributed by atoms with Crippen LogP contribution in [0, 0.1) is 13.8 Å². The van der Waals surface area contributed by atoms with E-state index < -0.39 is 0 Å². The number of hydrogen-bond donors (Lipinski definition) is 2. The minimum atomic E-state index is 0.965. The smallest absolute Gasteiger partial charge is 0.0657 e. The van der Waals surface area contributed by atoms with Crippen molar-refractivity contribution in [3.8, 4) is 11.1 Å². The highest BCUT2D eigenvalue weighted by atomic mass is 79.9. The van der Waals surface area contributed by atoms with Gasteiger partial charge in [-0.1, -0.05) is 34.1 Å². The first kappa shape index (κ1) is 12.5. The molecule has 2 aromatic rings. The van der Waals surface area contributed by atoms with Gasteiger partial charge in [0.1, 0.15) is 0 Å². The molecule has 0 aliphatic carbocycles. The van der Waals surface area contributed by atoms with Crippen molar-refractivity contribution >= 4 is 27.3 Å². The van der Waals surface area contributed by atoms with E-state index in [1.54, 1.807) is 0 Å². The highest BCUT2D eigenvalue weighted by molar-refractivity contribution is 9.10. The lowest BCUT2D eigenvalue weighted by molar-refractivity contribution is 1.05. The Morgan fingerprint density at radius 1 is 1.00 bits per heavy atom. The lowest BCUT2D eigenvalue weighted by atomic mass is 9.93. The zero-order valence-corrected chi connectivity index (χ0v) is 12.8. The fourth-order valence-electron chi connectivity index (χ4n) is 2.76. The summed E-state index contributed by atoms with van der Waals surface area (Å²) in [5, 5.41) is 6.99. The van der Waals surface area contributed by atoms with Gasteiger partial charge < -0.3 is 10.6 Å². The normalized spacial score (nSPS) is 13.4. The molecule has 0 aromatic heterocycles.